The lowest BCUT2D eigenvalue weighted by molar-refractivity contribution is -0.128. The summed E-state index contributed by atoms with van der Waals surface area (Å²) in [5, 5.41) is 2.82. The van der Waals surface area contributed by atoms with Crippen LogP contribution >= 0.6 is 0 Å². The van der Waals surface area contributed by atoms with E-state index in [0.29, 0.717) is 24.5 Å². The van der Waals surface area contributed by atoms with Crippen molar-refractivity contribution in [1.82, 2.24) is 9.62 Å². The van der Waals surface area contributed by atoms with E-state index in [4.69, 9.17) is 9.47 Å². The number of carbonyl (C=O) groups excluding carboxylic acids is 1. The topological polar surface area (TPSA) is 84.9 Å². The second kappa shape index (κ2) is 10.4. The molecule has 0 heterocycles. The number of sulfonamides is 1. The van der Waals surface area contributed by atoms with E-state index in [0.717, 1.165) is 15.4 Å². The molecule has 2 aromatic rings. The van der Waals surface area contributed by atoms with Crippen molar-refractivity contribution >= 4 is 15.9 Å². The first-order chi connectivity index (χ1) is 14.1. The van der Waals surface area contributed by atoms with Crippen LogP contribution in [0.5, 0.6) is 11.5 Å². The Balaban J connectivity index is 1.84. The third kappa shape index (κ3) is 6.21. The molecule has 2 rings (SSSR count). The first-order valence-corrected chi connectivity index (χ1v) is 11.3. The Morgan fingerprint density at radius 3 is 2.37 bits per heavy atom. The van der Waals surface area contributed by atoms with E-state index < -0.39 is 16.1 Å². The van der Waals surface area contributed by atoms with E-state index in [9.17, 15) is 13.2 Å². The number of hydrogen-bond acceptors (Lipinski definition) is 5. The highest BCUT2D eigenvalue weighted by Gasteiger charge is 2.19. The second-order valence-corrected chi connectivity index (χ2v) is 9.33. The van der Waals surface area contributed by atoms with Crippen LogP contribution in [0.4, 0.5) is 0 Å². The molecule has 2 aromatic carbocycles. The van der Waals surface area contributed by atoms with Gasteiger partial charge in [-0.1, -0.05) is 19.1 Å². The molecule has 0 aliphatic rings. The van der Waals surface area contributed by atoms with Gasteiger partial charge < -0.3 is 14.8 Å². The Hall–Kier alpha value is -2.58. The molecule has 0 bridgehead atoms. The number of hydrogen-bond donors (Lipinski definition) is 1. The van der Waals surface area contributed by atoms with Crippen LogP contribution in [-0.2, 0) is 14.8 Å². The molecule has 0 unspecified atom stereocenters. The zero-order valence-corrected chi connectivity index (χ0v) is 19.0. The smallest absolute Gasteiger partial charge is 0.261 e. The standard InChI is InChI=1S/C22H30N2O5S/c1-6-20(29-21-15-16(2)7-8-17(21)3)22(25)23-13-14-28-18-9-11-19(12-10-18)30(26,27)24(4)5/h7-12,15,20H,6,13-14H2,1-5H3,(H,23,25)/t20-/m1/s1. The molecule has 0 aliphatic carbocycles. The first-order valence-electron chi connectivity index (χ1n) is 9.82. The number of aryl methyl sites for hydroxylation is 2. The summed E-state index contributed by atoms with van der Waals surface area (Å²) in [5.74, 6) is 1.04. The zero-order chi connectivity index (χ0) is 22.3. The van der Waals surface area contributed by atoms with Crippen molar-refractivity contribution < 1.29 is 22.7 Å². The van der Waals surface area contributed by atoms with Crippen LogP contribution in [0.25, 0.3) is 0 Å². The van der Waals surface area contributed by atoms with Crippen LogP contribution in [-0.4, -0.2) is 52.0 Å². The molecule has 0 radical (unpaired) electrons. The van der Waals surface area contributed by atoms with Gasteiger partial charge in [-0.25, -0.2) is 12.7 Å². The van der Waals surface area contributed by atoms with E-state index >= 15 is 0 Å². The van der Waals surface area contributed by atoms with Crippen molar-refractivity contribution in [1.29, 1.82) is 0 Å². The van der Waals surface area contributed by atoms with Crippen LogP contribution in [0.2, 0.25) is 0 Å². The van der Waals surface area contributed by atoms with Crippen molar-refractivity contribution in [3.05, 3.63) is 53.6 Å². The molecule has 1 atom stereocenters. The minimum atomic E-state index is -3.47. The predicted octanol–water partition coefficient (Wildman–Crippen LogP) is 2.91. The molecule has 0 fully saturated rings. The Kier molecular flexibility index (Phi) is 8.25. The average Bonchev–Trinajstić information content (AvgIpc) is 2.71. The summed E-state index contributed by atoms with van der Waals surface area (Å²) in [7, 11) is -0.503. The largest absolute Gasteiger partial charge is 0.492 e. The normalized spacial score (nSPS) is 12.5. The highest BCUT2D eigenvalue weighted by atomic mass is 32.2. The van der Waals surface area contributed by atoms with Gasteiger partial charge in [-0.3, -0.25) is 4.79 Å². The summed E-state index contributed by atoms with van der Waals surface area (Å²) in [6.45, 7) is 6.39. The summed E-state index contributed by atoms with van der Waals surface area (Å²) in [5.41, 5.74) is 2.05. The van der Waals surface area contributed by atoms with Crippen molar-refractivity contribution in [2.75, 3.05) is 27.2 Å². The molecule has 164 valence electrons. The van der Waals surface area contributed by atoms with Crippen molar-refractivity contribution in [3.63, 3.8) is 0 Å². The molecule has 0 aromatic heterocycles. The highest BCUT2D eigenvalue weighted by molar-refractivity contribution is 7.89. The Morgan fingerprint density at radius 2 is 1.77 bits per heavy atom. The van der Waals surface area contributed by atoms with Crippen LogP contribution < -0.4 is 14.8 Å². The molecule has 30 heavy (non-hydrogen) atoms. The monoisotopic (exact) mass is 434 g/mol. The van der Waals surface area contributed by atoms with Gasteiger partial charge in [0.15, 0.2) is 6.10 Å². The summed E-state index contributed by atoms with van der Waals surface area (Å²) < 4.78 is 36.8. The van der Waals surface area contributed by atoms with Gasteiger partial charge in [0.1, 0.15) is 18.1 Å². The SMILES string of the molecule is CC[C@@H](Oc1cc(C)ccc1C)C(=O)NCCOc1ccc(S(=O)(=O)N(C)C)cc1. The van der Waals surface area contributed by atoms with Gasteiger partial charge in [0, 0.05) is 14.1 Å². The lowest BCUT2D eigenvalue weighted by Gasteiger charge is -2.19. The third-order valence-corrected chi connectivity index (χ3v) is 6.38. The Morgan fingerprint density at radius 1 is 1.10 bits per heavy atom. The van der Waals surface area contributed by atoms with Crippen LogP contribution in [0.1, 0.15) is 24.5 Å². The molecule has 8 heteroatoms. The molecular formula is C22H30N2O5S. The molecule has 0 spiro atoms. The first kappa shape index (κ1) is 23.7. The molecular weight excluding hydrogens is 404 g/mol. The fourth-order valence-electron chi connectivity index (χ4n) is 2.69. The number of rotatable bonds is 10. The van der Waals surface area contributed by atoms with Crippen LogP contribution in [0.3, 0.4) is 0 Å². The highest BCUT2D eigenvalue weighted by Crippen LogP contribution is 2.21. The maximum atomic E-state index is 12.4. The molecule has 7 nitrogen and oxygen atoms in total. The van der Waals surface area contributed by atoms with E-state index in [-0.39, 0.29) is 17.4 Å². The summed E-state index contributed by atoms with van der Waals surface area (Å²) >= 11 is 0. The van der Waals surface area contributed by atoms with Gasteiger partial charge in [0.25, 0.3) is 5.91 Å². The average molecular weight is 435 g/mol. The molecule has 1 amide bonds. The van der Waals surface area contributed by atoms with Crippen LogP contribution in [0.15, 0.2) is 47.4 Å². The molecule has 1 N–H and O–H groups in total. The lowest BCUT2D eigenvalue weighted by Crippen LogP contribution is -2.39. The van der Waals surface area contributed by atoms with Crippen molar-refractivity contribution in [2.24, 2.45) is 0 Å². The lowest BCUT2D eigenvalue weighted by atomic mass is 10.1. The molecule has 0 aliphatic heterocycles. The summed E-state index contributed by atoms with van der Waals surface area (Å²) in [6.07, 6.45) is -0.0389. The quantitative estimate of drug-likeness (QED) is 0.581. The number of carbonyl (C=O) groups is 1. The van der Waals surface area contributed by atoms with Gasteiger partial charge >= 0.3 is 0 Å². The maximum Gasteiger partial charge on any atom is 0.261 e. The van der Waals surface area contributed by atoms with E-state index in [1.54, 1.807) is 12.1 Å². The van der Waals surface area contributed by atoms with E-state index in [2.05, 4.69) is 5.32 Å². The van der Waals surface area contributed by atoms with Gasteiger partial charge in [0.05, 0.1) is 11.4 Å². The minimum absolute atomic E-state index is 0.197. The van der Waals surface area contributed by atoms with Gasteiger partial charge in [0.2, 0.25) is 10.0 Å². The molecule has 0 saturated heterocycles. The van der Waals surface area contributed by atoms with Crippen molar-refractivity contribution in [3.8, 4) is 11.5 Å². The van der Waals surface area contributed by atoms with E-state index in [1.165, 1.54) is 26.2 Å². The third-order valence-electron chi connectivity index (χ3n) is 4.55. The summed E-state index contributed by atoms with van der Waals surface area (Å²) in [6, 6.07) is 12.1. The number of amides is 1. The van der Waals surface area contributed by atoms with Gasteiger partial charge in [-0.05, 0) is 61.7 Å². The summed E-state index contributed by atoms with van der Waals surface area (Å²) in [4.78, 5) is 12.6. The van der Waals surface area contributed by atoms with Crippen LogP contribution in [0, 0.1) is 13.8 Å². The second-order valence-electron chi connectivity index (χ2n) is 7.18. The number of nitrogens with one attached hydrogen (secondary N) is 1. The van der Waals surface area contributed by atoms with Gasteiger partial charge in [-0.15, -0.1) is 0 Å². The number of nitrogens with zero attached hydrogens (tertiary/aromatic N) is 1. The molecule has 0 saturated carbocycles. The van der Waals surface area contributed by atoms with E-state index in [1.807, 2.05) is 39.0 Å². The number of ether oxygens (including phenoxy) is 2. The Bertz CT molecular complexity index is 956. The maximum absolute atomic E-state index is 12.4. The predicted molar refractivity (Wildman–Crippen MR) is 116 cm³/mol. The number of benzene rings is 2. The minimum Gasteiger partial charge on any atom is -0.492 e. The van der Waals surface area contributed by atoms with Gasteiger partial charge in [-0.2, -0.15) is 0 Å². The zero-order valence-electron chi connectivity index (χ0n) is 18.1. The fraction of sp³-hybridized carbons (Fsp3) is 0.409. The Labute approximate surface area is 179 Å². The fourth-order valence-corrected chi connectivity index (χ4v) is 3.59. The van der Waals surface area contributed by atoms with Crippen molar-refractivity contribution in [2.45, 2.75) is 38.2 Å².